The van der Waals surface area contributed by atoms with Gasteiger partial charge in [0.1, 0.15) is 12.4 Å². The van der Waals surface area contributed by atoms with Crippen molar-refractivity contribution < 1.29 is 14.6 Å². The fourth-order valence-electron chi connectivity index (χ4n) is 1.74. The van der Waals surface area contributed by atoms with Crippen LogP contribution >= 0.6 is 11.6 Å². The smallest absolute Gasteiger partial charge is 0.372 e. The second kappa shape index (κ2) is 5.75. The van der Waals surface area contributed by atoms with Crippen molar-refractivity contribution in [2.24, 2.45) is 0 Å². The zero-order valence-corrected chi connectivity index (χ0v) is 11.1. The molecule has 0 saturated carbocycles. The Kier molecular flexibility index (Phi) is 4.06. The molecule has 0 saturated heterocycles. The van der Waals surface area contributed by atoms with Gasteiger partial charge in [-0.1, -0.05) is 11.6 Å². The molecule has 0 aliphatic rings. The molecule has 0 spiro atoms. The number of halogens is 1. The van der Waals surface area contributed by atoms with Crippen molar-refractivity contribution in [3.63, 3.8) is 0 Å². The molecule has 100 valence electrons. The third-order valence-electron chi connectivity index (χ3n) is 2.65. The van der Waals surface area contributed by atoms with Crippen LogP contribution in [0, 0.1) is 0 Å². The number of benzene rings is 1. The van der Waals surface area contributed by atoms with E-state index in [-0.39, 0.29) is 12.4 Å². The Morgan fingerprint density at radius 1 is 1.42 bits per heavy atom. The normalized spacial score (nSPS) is 10.4. The van der Waals surface area contributed by atoms with Crippen LogP contribution in [0.4, 0.5) is 0 Å². The standard InChI is InChI=1S/C13H13ClN2O3/c1-2-16-10(7-15-12(16)13(17)18)8-19-11-5-3-9(14)4-6-11/h3-7H,2,8H2,1H3,(H,17,18). The summed E-state index contributed by atoms with van der Waals surface area (Å²) in [4.78, 5) is 14.8. The van der Waals surface area contributed by atoms with Gasteiger partial charge in [0.15, 0.2) is 0 Å². The maximum atomic E-state index is 11.0. The molecule has 0 amide bonds. The zero-order chi connectivity index (χ0) is 13.8. The van der Waals surface area contributed by atoms with Gasteiger partial charge in [-0.25, -0.2) is 9.78 Å². The van der Waals surface area contributed by atoms with Gasteiger partial charge >= 0.3 is 5.97 Å². The lowest BCUT2D eigenvalue weighted by molar-refractivity contribution is 0.0677. The lowest BCUT2D eigenvalue weighted by atomic mass is 10.3. The van der Waals surface area contributed by atoms with Gasteiger partial charge < -0.3 is 14.4 Å². The third-order valence-corrected chi connectivity index (χ3v) is 2.90. The molecule has 19 heavy (non-hydrogen) atoms. The van der Waals surface area contributed by atoms with Crippen LogP contribution in [-0.4, -0.2) is 20.6 Å². The number of nitrogens with zero attached hydrogens (tertiary/aromatic N) is 2. The highest BCUT2D eigenvalue weighted by Crippen LogP contribution is 2.17. The van der Waals surface area contributed by atoms with Crippen LogP contribution in [0.3, 0.4) is 0 Å². The van der Waals surface area contributed by atoms with Gasteiger partial charge in [-0.3, -0.25) is 0 Å². The summed E-state index contributed by atoms with van der Waals surface area (Å²) in [6.07, 6.45) is 1.52. The molecule has 1 heterocycles. The lowest BCUT2D eigenvalue weighted by Crippen LogP contribution is -2.12. The van der Waals surface area contributed by atoms with Crippen LogP contribution in [0.2, 0.25) is 5.02 Å². The van der Waals surface area contributed by atoms with E-state index in [1.165, 1.54) is 6.20 Å². The highest BCUT2D eigenvalue weighted by Gasteiger charge is 2.14. The predicted molar refractivity (Wildman–Crippen MR) is 70.6 cm³/mol. The molecule has 0 fully saturated rings. The summed E-state index contributed by atoms with van der Waals surface area (Å²) in [6, 6.07) is 6.98. The highest BCUT2D eigenvalue weighted by atomic mass is 35.5. The van der Waals surface area contributed by atoms with Crippen molar-refractivity contribution in [2.75, 3.05) is 0 Å². The van der Waals surface area contributed by atoms with Crippen LogP contribution in [0.5, 0.6) is 5.75 Å². The SMILES string of the molecule is CCn1c(COc2ccc(Cl)cc2)cnc1C(=O)O. The van der Waals surface area contributed by atoms with Gasteiger partial charge in [0, 0.05) is 11.6 Å². The molecular weight excluding hydrogens is 268 g/mol. The van der Waals surface area contributed by atoms with Gasteiger partial charge in [-0.15, -0.1) is 0 Å². The average Bonchev–Trinajstić information content (AvgIpc) is 2.81. The first-order valence-corrected chi connectivity index (χ1v) is 6.15. The minimum absolute atomic E-state index is 0.0252. The lowest BCUT2D eigenvalue weighted by Gasteiger charge is -2.09. The van der Waals surface area contributed by atoms with Crippen LogP contribution in [-0.2, 0) is 13.2 Å². The van der Waals surface area contributed by atoms with E-state index < -0.39 is 5.97 Å². The molecule has 1 aromatic heterocycles. The zero-order valence-electron chi connectivity index (χ0n) is 10.3. The maximum Gasteiger partial charge on any atom is 0.372 e. The Hall–Kier alpha value is -2.01. The molecule has 5 nitrogen and oxygen atoms in total. The summed E-state index contributed by atoms with van der Waals surface area (Å²) in [5.74, 6) is -0.345. The fourth-order valence-corrected chi connectivity index (χ4v) is 1.86. The van der Waals surface area contributed by atoms with Crippen molar-refractivity contribution in [2.45, 2.75) is 20.1 Å². The maximum absolute atomic E-state index is 11.0. The molecule has 0 aliphatic carbocycles. The van der Waals surface area contributed by atoms with Crippen molar-refractivity contribution in [3.8, 4) is 5.75 Å². The van der Waals surface area contributed by atoms with Crippen LogP contribution < -0.4 is 4.74 Å². The van der Waals surface area contributed by atoms with Gasteiger partial charge in [0.25, 0.3) is 0 Å². The van der Waals surface area contributed by atoms with Crippen molar-refractivity contribution in [3.05, 3.63) is 47.0 Å². The van der Waals surface area contributed by atoms with Gasteiger partial charge in [-0.05, 0) is 31.2 Å². The summed E-state index contributed by atoms with van der Waals surface area (Å²) in [5, 5.41) is 9.63. The summed E-state index contributed by atoms with van der Waals surface area (Å²) in [5.41, 5.74) is 0.717. The molecule has 0 radical (unpaired) electrons. The quantitative estimate of drug-likeness (QED) is 0.915. The first-order valence-electron chi connectivity index (χ1n) is 5.78. The molecule has 0 unspecified atom stereocenters. The van der Waals surface area contributed by atoms with Crippen molar-refractivity contribution in [1.82, 2.24) is 9.55 Å². The number of hydrogen-bond acceptors (Lipinski definition) is 3. The average molecular weight is 281 g/mol. The Bertz CT molecular complexity index is 578. The highest BCUT2D eigenvalue weighted by molar-refractivity contribution is 6.30. The number of carboxylic acid groups (broad SMARTS) is 1. The number of aromatic nitrogens is 2. The van der Waals surface area contributed by atoms with E-state index in [0.29, 0.717) is 17.3 Å². The van der Waals surface area contributed by atoms with E-state index in [1.807, 2.05) is 6.92 Å². The molecule has 2 aromatic rings. The molecule has 0 atom stereocenters. The molecule has 1 N–H and O–H groups in total. The number of ether oxygens (including phenoxy) is 1. The largest absolute Gasteiger partial charge is 0.487 e. The van der Waals surface area contributed by atoms with Gasteiger partial charge in [0.2, 0.25) is 5.82 Å². The number of hydrogen-bond donors (Lipinski definition) is 1. The number of rotatable bonds is 5. The molecule has 1 aromatic carbocycles. The summed E-state index contributed by atoms with van der Waals surface area (Å²) in [7, 11) is 0. The Morgan fingerprint density at radius 2 is 2.11 bits per heavy atom. The number of imidazole rings is 1. The molecule has 0 bridgehead atoms. The second-order valence-electron chi connectivity index (χ2n) is 3.87. The van der Waals surface area contributed by atoms with Gasteiger partial charge in [0.05, 0.1) is 11.9 Å². The Morgan fingerprint density at radius 3 is 2.68 bits per heavy atom. The minimum Gasteiger partial charge on any atom is -0.487 e. The van der Waals surface area contributed by atoms with Crippen LogP contribution in [0.15, 0.2) is 30.5 Å². The number of aromatic carboxylic acids is 1. The number of carbonyl (C=O) groups is 1. The summed E-state index contributed by atoms with van der Waals surface area (Å²) >= 11 is 5.78. The monoisotopic (exact) mass is 280 g/mol. The Labute approximate surface area is 115 Å². The molecule has 0 aliphatic heterocycles. The number of carboxylic acids is 1. The topological polar surface area (TPSA) is 64.4 Å². The van der Waals surface area contributed by atoms with E-state index in [0.717, 1.165) is 5.69 Å². The van der Waals surface area contributed by atoms with E-state index in [2.05, 4.69) is 4.98 Å². The van der Waals surface area contributed by atoms with E-state index in [1.54, 1.807) is 28.8 Å². The van der Waals surface area contributed by atoms with E-state index in [4.69, 9.17) is 21.4 Å². The van der Waals surface area contributed by atoms with Gasteiger partial charge in [-0.2, -0.15) is 0 Å². The second-order valence-corrected chi connectivity index (χ2v) is 4.30. The van der Waals surface area contributed by atoms with Crippen LogP contribution in [0.25, 0.3) is 0 Å². The minimum atomic E-state index is -1.04. The first kappa shape index (κ1) is 13.4. The fraction of sp³-hybridized carbons (Fsp3) is 0.231. The molecule has 2 rings (SSSR count). The predicted octanol–water partition coefficient (Wildman–Crippen LogP) is 2.83. The Balaban J connectivity index is 2.11. The van der Waals surface area contributed by atoms with Crippen molar-refractivity contribution >= 4 is 17.6 Å². The van der Waals surface area contributed by atoms with Crippen LogP contribution in [0.1, 0.15) is 23.2 Å². The van der Waals surface area contributed by atoms with E-state index in [9.17, 15) is 4.79 Å². The molecular formula is C13H13ClN2O3. The van der Waals surface area contributed by atoms with Crippen molar-refractivity contribution in [1.29, 1.82) is 0 Å². The summed E-state index contributed by atoms with van der Waals surface area (Å²) in [6.45, 7) is 2.65. The first-order chi connectivity index (χ1) is 9.11. The van der Waals surface area contributed by atoms with E-state index >= 15 is 0 Å². The molecule has 6 heteroatoms. The summed E-state index contributed by atoms with van der Waals surface area (Å²) < 4.78 is 7.18. The third kappa shape index (κ3) is 3.06.